The molecule has 1 amide bonds. The number of halogens is 1. The van der Waals surface area contributed by atoms with Crippen LogP contribution in [0.15, 0.2) is 96.6 Å². The minimum absolute atomic E-state index is 0. The van der Waals surface area contributed by atoms with Crippen molar-refractivity contribution >= 4 is 51.4 Å². The van der Waals surface area contributed by atoms with Gasteiger partial charge in [0.1, 0.15) is 5.82 Å². The molecule has 3 aromatic carbocycles. The molecule has 1 saturated heterocycles. The lowest BCUT2D eigenvalue weighted by atomic mass is 9.96. The highest BCUT2D eigenvalue weighted by molar-refractivity contribution is 7.16. The summed E-state index contributed by atoms with van der Waals surface area (Å²) in [5, 5.41) is 3.05. The van der Waals surface area contributed by atoms with Crippen LogP contribution in [0.1, 0.15) is 15.9 Å². The minimum atomic E-state index is -0.115. The lowest BCUT2D eigenvalue weighted by molar-refractivity contribution is 0.102. The first-order chi connectivity index (χ1) is 18.2. The molecule has 1 fully saturated rings. The van der Waals surface area contributed by atoms with E-state index in [0.717, 1.165) is 71.1 Å². The van der Waals surface area contributed by atoms with Crippen LogP contribution in [0.2, 0.25) is 0 Å². The van der Waals surface area contributed by atoms with Crippen molar-refractivity contribution in [3.05, 3.63) is 108 Å². The number of fused-ring (bicyclic) bond motifs is 1. The second-order valence-corrected chi connectivity index (χ2v) is 10.1. The van der Waals surface area contributed by atoms with Crippen LogP contribution in [-0.2, 0) is 6.54 Å². The average Bonchev–Trinajstić information content (AvgIpc) is 3.42. The number of benzene rings is 3. The van der Waals surface area contributed by atoms with Gasteiger partial charge in [-0.1, -0.05) is 42.5 Å². The van der Waals surface area contributed by atoms with E-state index in [1.165, 1.54) is 0 Å². The van der Waals surface area contributed by atoms with Crippen molar-refractivity contribution < 1.29 is 4.79 Å². The molecule has 38 heavy (non-hydrogen) atoms. The van der Waals surface area contributed by atoms with E-state index in [2.05, 4.69) is 61.5 Å². The first kappa shape index (κ1) is 25.9. The van der Waals surface area contributed by atoms with Crippen LogP contribution in [0.5, 0.6) is 0 Å². The highest BCUT2D eigenvalue weighted by Gasteiger charge is 2.20. The van der Waals surface area contributed by atoms with Crippen molar-refractivity contribution in [2.24, 2.45) is 0 Å². The molecule has 0 unspecified atom stereocenters. The van der Waals surface area contributed by atoms with E-state index in [0.29, 0.717) is 5.56 Å². The van der Waals surface area contributed by atoms with Crippen molar-refractivity contribution in [1.29, 1.82) is 0 Å². The van der Waals surface area contributed by atoms with E-state index in [9.17, 15) is 4.79 Å². The summed E-state index contributed by atoms with van der Waals surface area (Å²) in [6.07, 6.45) is 1.85. The third kappa shape index (κ3) is 5.70. The van der Waals surface area contributed by atoms with Gasteiger partial charge >= 0.3 is 0 Å². The maximum Gasteiger partial charge on any atom is 0.255 e. The zero-order chi connectivity index (χ0) is 25.0. The normalized spacial score (nSPS) is 13.7. The van der Waals surface area contributed by atoms with Crippen molar-refractivity contribution in [2.75, 3.05) is 36.4 Å². The number of carbonyl (C=O) groups excluding carboxylic acids is 1. The van der Waals surface area contributed by atoms with Gasteiger partial charge in [0, 0.05) is 50.2 Å². The highest BCUT2D eigenvalue weighted by atomic mass is 35.5. The van der Waals surface area contributed by atoms with E-state index in [-0.39, 0.29) is 18.3 Å². The molecule has 192 valence electrons. The summed E-state index contributed by atoms with van der Waals surface area (Å²) in [5.74, 6) is 0.914. The number of anilines is 2. The van der Waals surface area contributed by atoms with Gasteiger partial charge in [-0.05, 0) is 59.2 Å². The molecule has 0 saturated carbocycles. The molecular formula is C30H28ClN5OS. The number of nitrogens with zero attached hydrogens (tertiary/aromatic N) is 4. The number of carbonyl (C=O) groups is 1. The lowest BCUT2D eigenvalue weighted by Crippen LogP contribution is -2.46. The molecule has 8 heteroatoms. The lowest BCUT2D eigenvalue weighted by Gasteiger charge is -2.35. The van der Waals surface area contributed by atoms with Crippen LogP contribution in [0.4, 0.5) is 11.5 Å². The van der Waals surface area contributed by atoms with Crippen LogP contribution < -0.4 is 10.2 Å². The molecule has 0 bridgehead atoms. The Morgan fingerprint density at radius 1 is 0.868 bits per heavy atom. The third-order valence-corrected chi connectivity index (χ3v) is 7.59. The van der Waals surface area contributed by atoms with Crippen LogP contribution in [-0.4, -0.2) is 47.0 Å². The highest BCUT2D eigenvalue weighted by Crippen LogP contribution is 2.28. The van der Waals surface area contributed by atoms with E-state index in [1.54, 1.807) is 11.3 Å². The smallest absolute Gasteiger partial charge is 0.255 e. The van der Waals surface area contributed by atoms with Crippen LogP contribution >= 0.6 is 23.7 Å². The van der Waals surface area contributed by atoms with Crippen LogP contribution in [0.3, 0.4) is 0 Å². The summed E-state index contributed by atoms with van der Waals surface area (Å²) < 4.78 is 1.11. The van der Waals surface area contributed by atoms with Gasteiger partial charge in [0.25, 0.3) is 5.91 Å². The molecule has 3 heterocycles. The molecule has 1 aliphatic heterocycles. The topological polar surface area (TPSA) is 61.4 Å². The van der Waals surface area contributed by atoms with Gasteiger partial charge in [-0.2, -0.15) is 0 Å². The number of hydrogen-bond acceptors (Lipinski definition) is 6. The number of amides is 1. The number of pyridine rings is 1. The minimum Gasteiger partial charge on any atom is -0.354 e. The van der Waals surface area contributed by atoms with E-state index >= 15 is 0 Å². The Hall–Kier alpha value is -3.78. The fourth-order valence-corrected chi connectivity index (χ4v) is 5.48. The Kier molecular flexibility index (Phi) is 7.98. The number of hydrogen-bond donors (Lipinski definition) is 1. The van der Waals surface area contributed by atoms with E-state index < -0.39 is 0 Å². The van der Waals surface area contributed by atoms with Gasteiger partial charge < -0.3 is 10.2 Å². The summed E-state index contributed by atoms with van der Waals surface area (Å²) in [7, 11) is 0. The number of aromatic nitrogens is 2. The van der Waals surface area contributed by atoms with Crippen molar-refractivity contribution in [1.82, 2.24) is 14.9 Å². The predicted molar refractivity (Wildman–Crippen MR) is 158 cm³/mol. The quantitative estimate of drug-likeness (QED) is 0.271. The number of rotatable bonds is 6. The third-order valence-electron chi connectivity index (χ3n) is 6.78. The van der Waals surface area contributed by atoms with Crippen LogP contribution in [0, 0.1) is 0 Å². The Bertz CT molecular complexity index is 1520. The van der Waals surface area contributed by atoms with Gasteiger partial charge in [-0.15, -0.1) is 23.7 Å². The largest absolute Gasteiger partial charge is 0.354 e. The standard InChI is InChI=1S/C30H27N5OS.ClH/c36-30(33-25-10-12-28-27(19-25)32-21-37-28)23-9-11-26(22-6-2-1-3-7-22)24(18-23)20-34-14-16-35(17-15-34)29-8-4-5-13-31-29;/h1-13,18-19,21H,14-17,20H2,(H,33,36);1H. The Morgan fingerprint density at radius 2 is 1.68 bits per heavy atom. The van der Waals surface area contributed by atoms with Gasteiger partial charge in [0.05, 0.1) is 15.7 Å². The van der Waals surface area contributed by atoms with E-state index in [4.69, 9.17) is 0 Å². The molecule has 0 atom stereocenters. The van der Waals surface area contributed by atoms with Gasteiger partial charge in [-0.25, -0.2) is 9.97 Å². The first-order valence-corrected chi connectivity index (χ1v) is 13.3. The average molecular weight is 542 g/mol. The Labute approximate surface area is 232 Å². The number of nitrogens with one attached hydrogen (secondary N) is 1. The monoisotopic (exact) mass is 541 g/mol. The zero-order valence-corrected chi connectivity index (χ0v) is 22.4. The molecule has 0 spiro atoms. The second-order valence-electron chi connectivity index (χ2n) is 9.18. The summed E-state index contributed by atoms with van der Waals surface area (Å²) in [6.45, 7) is 4.52. The maximum absolute atomic E-state index is 13.2. The fraction of sp³-hybridized carbons (Fsp3) is 0.167. The summed E-state index contributed by atoms with van der Waals surface area (Å²) in [6, 6.07) is 28.3. The van der Waals surface area contributed by atoms with Gasteiger partial charge in [0.2, 0.25) is 0 Å². The molecule has 2 aromatic heterocycles. The van der Waals surface area contributed by atoms with Crippen molar-refractivity contribution in [2.45, 2.75) is 6.54 Å². The van der Waals surface area contributed by atoms with E-state index in [1.807, 2.05) is 60.2 Å². The molecular weight excluding hydrogens is 514 g/mol. The number of piperazine rings is 1. The molecule has 0 aliphatic carbocycles. The predicted octanol–water partition coefficient (Wildman–Crippen LogP) is 6.35. The van der Waals surface area contributed by atoms with Crippen molar-refractivity contribution in [3.63, 3.8) is 0 Å². The first-order valence-electron chi connectivity index (χ1n) is 12.4. The van der Waals surface area contributed by atoms with Crippen molar-refractivity contribution in [3.8, 4) is 11.1 Å². The summed E-state index contributed by atoms with van der Waals surface area (Å²) in [4.78, 5) is 26.9. The Morgan fingerprint density at radius 3 is 2.47 bits per heavy atom. The molecule has 1 N–H and O–H groups in total. The Balaban J connectivity index is 0.00000294. The summed E-state index contributed by atoms with van der Waals surface area (Å²) in [5.41, 5.74) is 7.59. The summed E-state index contributed by atoms with van der Waals surface area (Å²) >= 11 is 1.59. The molecule has 6 rings (SSSR count). The second kappa shape index (κ2) is 11.7. The van der Waals surface area contributed by atoms with Crippen LogP contribution in [0.25, 0.3) is 21.3 Å². The molecule has 5 aromatic rings. The van der Waals surface area contributed by atoms with Gasteiger partial charge in [-0.3, -0.25) is 9.69 Å². The number of thiazole rings is 1. The molecule has 1 aliphatic rings. The SMILES string of the molecule is Cl.O=C(Nc1ccc2scnc2c1)c1ccc(-c2ccccc2)c(CN2CCN(c3ccccn3)CC2)c1. The maximum atomic E-state index is 13.2. The molecule has 0 radical (unpaired) electrons. The van der Waals surface area contributed by atoms with Gasteiger partial charge in [0.15, 0.2) is 0 Å². The zero-order valence-electron chi connectivity index (χ0n) is 20.8. The fourth-order valence-electron chi connectivity index (χ4n) is 4.82. The molecule has 6 nitrogen and oxygen atoms in total.